The Balaban J connectivity index is 2.67. The minimum atomic E-state index is -4.46. The summed E-state index contributed by atoms with van der Waals surface area (Å²) >= 11 is 4.75. The average molecular weight is 323 g/mol. The number of hydrogen-bond acceptors (Lipinski definition) is 4. The van der Waals surface area contributed by atoms with Crippen LogP contribution in [0.25, 0.3) is 0 Å². The van der Waals surface area contributed by atoms with Gasteiger partial charge in [0.15, 0.2) is 0 Å². The van der Waals surface area contributed by atoms with E-state index < -0.39 is 11.7 Å². The number of rotatable bonds is 8. The van der Waals surface area contributed by atoms with Crippen molar-refractivity contribution in [3.05, 3.63) is 29.3 Å². The summed E-state index contributed by atoms with van der Waals surface area (Å²) < 4.78 is 53.2. The number of benzene rings is 1. The summed E-state index contributed by atoms with van der Waals surface area (Å²) in [4.78, 5) is -0.156. The second kappa shape index (κ2) is 8.16. The summed E-state index contributed by atoms with van der Waals surface area (Å²) in [5.74, 6) is 0.200. The lowest BCUT2D eigenvalue weighted by atomic mass is 10.1. The van der Waals surface area contributed by atoms with Gasteiger partial charge in [0.1, 0.15) is 17.3 Å². The first-order valence-corrected chi connectivity index (χ1v) is 6.47. The van der Waals surface area contributed by atoms with Crippen LogP contribution < -0.4 is 10.5 Å². The highest BCUT2D eigenvalue weighted by Gasteiger charge is 2.31. The molecule has 0 aliphatic carbocycles. The van der Waals surface area contributed by atoms with Gasteiger partial charge in [-0.05, 0) is 18.2 Å². The van der Waals surface area contributed by atoms with Gasteiger partial charge in [0.05, 0.1) is 30.9 Å². The molecule has 21 heavy (non-hydrogen) atoms. The van der Waals surface area contributed by atoms with Crippen LogP contribution in [-0.2, 0) is 15.7 Å². The van der Waals surface area contributed by atoms with E-state index in [0.717, 1.165) is 12.1 Å². The summed E-state index contributed by atoms with van der Waals surface area (Å²) in [7, 11) is 1.55. The van der Waals surface area contributed by atoms with Crippen molar-refractivity contribution in [1.29, 1.82) is 0 Å². The lowest BCUT2D eigenvalue weighted by Crippen LogP contribution is -2.16. The Hall–Kier alpha value is -1.38. The van der Waals surface area contributed by atoms with Crippen molar-refractivity contribution < 1.29 is 27.4 Å². The summed E-state index contributed by atoms with van der Waals surface area (Å²) in [6.07, 6.45) is -4.46. The zero-order chi connectivity index (χ0) is 15.9. The zero-order valence-corrected chi connectivity index (χ0v) is 12.2. The van der Waals surface area contributed by atoms with E-state index in [1.165, 1.54) is 6.07 Å². The van der Waals surface area contributed by atoms with Crippen LogP contribution in [0, 0.1) is 0 Å². The molecule has 0 amide bonds. The van der Waals surface area contributed by atoms with Crippen LogP contribution in [0.3, 0.4) is 0 Å². The van der Waals surface area contributed by atoms with Crippen LogP contribution in [0.15, 0.2) is 18.2 Å². The Morgan fingerprint density at radius 3 is 2.43 bits per heavy atom. The first kappa shape index (κ1) is 17.7. The van der Waals surface area contributed by atoms with Crippen molar-refractivity contribution in [2.45, 2.75) is 6.18 Å². The minimum absolute atomic E-state index is 0.0525. The smallest absolute Gasteiger partial charge is 0.416 e. The molecule has 118 valence electrons. The standard InChI is InChI=1S/C13H16F3NO3S/c1-18-4-5-19-6-7-20-11-3-2-9(13(14,15)16)8-10(11)12(17)21/h2-3,8H,4-7H2,1H3,(H2,17,21). The maximum Gasteiger partial charge on any atom is 0.416 e. The maximum absolute atomic E-state index is 12.6. The fourth-order valence-electron chi connectivity index (χ4n) is 1.48. The van der Waals surface area contributed by atoms with Gasteiger partial charge in [-0.25, -0.2) is 0 Å². The SMILES string of the molecule is COCCOCCOc1ccc(C(F)(F)F)cc1C(N)=S. The average Bonchev–Trinajstić information content (AvgIpc) is 2.41. The number of halogens is 3. The van der Waals surface area contributed by atoms with Crippen LogP contribution in [0.4, 0.5) is 13.2 Å². The van der Waals surface area contributed by atoms with Crippen molar-refractivity contribution >= 4 is 17.2 Å². The summed E-state index contributed by atoms with van der Waals surface area (Å²) in [5, 5.41) is 0. The Morgan fingerprint density at radius 2 is 1.86 bits per heavy atom. The van der Waals surface area contributed by atoms with E-state index in [2.05, 4.69) is 0 Å². The third-order valence-electron chi connectivity index (χ3n) is 2.49. The molecule has 0 saturated carbocycles. The fraction of sp³-hybridized carbons (Fsp3) is 0.462. The van der Waals surface area contributed by atoms with Gasteiger partial charge < -0.3 is 19.9 Å². The molecule has 0 spiro atoms. The fourth-order valence-corrected chi connectivity index (χ4v) is 1.64. The van der Waals surface area contributed by atoms with E-state index in [0.29, 0.717) is 13.2 Å². The van der Waals surface area contributed by atoms with Gasteiger partial charge in [-0.2, -0.15) is 13.2 Å². The summed E-state index contributed by atoms with van der Waals surface area (Å²) in [6.45, 7) is 1.32. The van der Waals surface area contributed by atoms with Gasteiger partial charge in [-0.15, -0.1) is 0 Å². The Labute approximate surface area is 126 Å². The van der Waals surface area contributed by atoms with E-state index in [1.807, 2.05) is 0 Å². The molecule has 0 heterocycles. The number of methoxy groups -OCH3 is 1. The Bertz CT molecular complexity index is 480. The lowest BCUT2D eigenvalue weighted by molar-refractivity contribution is -0.137. The van der Waals surface area contributed by atoms with E-state index in [9.17, 15) is 13.2 Å². The van der Waals surface area contributed by atoms with Gasteiger partial charge in [0.2, 0.25) is 0 Å². The summed E-state index contributed by atoms with van der Waals surface area (Å²) in [6, 6.07) is 3.00. The number of hydrogen-bond donors (Lipinski definition) is 1. The molecule has 1 rings (SSSR count). The predicted molar refractivity (Wildman–Crippen MR) is 75.5 cm³/mol. The molecule has 2 N–H and O–H groups in total. The molecule has 0 unspecified atom stereocenters. The van der Waals surface area contributed by atoms with Gasteiger partial charge in [-0.1, -0.05) is 12.2 Å². The molecule has 0 aromatic heterocycles. The van der Waals surface area contributed by atoms with Crippen molar-refractivity contribution in [2.75, 3.05) is 33.5 Å². The molecule has 1 aromatic carbocycles. The van der Waals surface area contributed by atoms with Gasteiger partial charge in [-0.3, -0.25) is 0 Å². The van der Waals surface area contributed by atoms with Crippen LogP contribution in [0.5, 0.6) is 5.75 Å². The van der Waals surface area contributed by atoms with Gasteiger partial charge in [0, 0.05) is 7.11 Å². The van der Waals surface area contributed by atoms with Crippen LogP contribution >= 0.6 is 12.2 Å². The number of nitrogens with two attached hydrogens (primary N) is 1. The third kappa shape index (κ3) is 5.86. The monoisotopic (exact) mass is 323 g/mol. The second-order valence-electron chi connectivity index (χ2n) is 4.03. The molecule has 0 atom stereocenters. The molecule has 0 aliphatic rings. The zero-order valence-electron chi connectivity index (χ0n) is 11.4. The van der Waals surface area contributed by atoms with Gasteiger partial charge >= 0.3 is 6.18 Å². The normalized spacial score (nSPS) is 11.4. The minimum Gasteiger partial charge on any atom is -0.490 e. The number of alkyl halides is 3. The molecule has 0 fully saturated rings. The molecular weight excluding hydrogens is 307 g/mol. The highest BCUT2D eigenvalue weighted by atomic mass is 32.1. The Kier molecular flexibility index (Phi) is 6.86. The topological polar surface area (TPSA) is 53.7 Å². The number of ether oxygens (including phenoxy) is 3. The molecule has 0 aliphatic heterocycles. The third-order valence-corrected chi connectivity index (χ3v) is 2.71. The van der Waals surface area contributed by atoms with E-state index >= 15 is 0 Å². The highest BCUT2D eigenvalue weighted by molar-refractivity contribution is 7.80. The largest absolute Gasteiger partial charge is 0.490 e. The molecule has 4 nitrogen and oxygen atoms in total. The molecule has 0 bridgehead atoms. The first-order valence-electron chi connectivity index (χ1n) is 6.06. The maximum atomic E-state index is 12.6. The second-order valence-corrected chi connectivity index (χ2v) is 4.47. The molecule has 0 saturated heterocycles. The van der Waals surface area contributed by atoms with E-state index in [4.69, 9.17) is 32.2 Å². The van der Waals surface area contributed by atoms with Crippen molar-refractivity contribution in [1.82, 2.24) is 0 Å². The van der Waals surface area contributed by atoms with Crippen molar-refractivity contribution in [2.24, 2.45) is 5.73 Å². The molecule has 1 aromatic rings. The molecular formula is C13H16F3NO3S. The molecule has 8 heteroatoms. The van der Waals surface area contributed by atoms with E-state index in [1.54, 1.807) is 7.11 Å². The van der Waals surface area contributed by atoms with Crippen molar-refractivity contribution in [3.8, 4) is 5.75 Å². The first-order chi connectivity index (χ1) is 9.86. The van der Waals surface area contributed by atoms with Gasteiger partial charge in [0.25, 0.3) is 0 Å². The number of thiocarbonyl (C=S) groups is 1. The van der Waals surface area contributed by atoms with Crippen LogP contribution in [0.1, 0.15) is 11.1 Å². The molecule has 0 radical (unpaired) electrons. The lowest BCUT2D eigenvalue weighted by Gasteiger charge is -2.14. The van der Waals surface area contributed by atoms with Crippen LogP contribution in [0.2, 0.25) is 0 Å². The van der Waals surface area contributed by atoms with Crippen molar-refractivity contribution in [3.63, 3.8) is 0 Å². The Morgan fingerprint density at radius 1 is 1.19 bits per heavy atom. The highest BCUT2D eigenvalue weighted by Crippen LogP contribution is 2.32. The van der Waals surface area contributed by atoms with Crippen LogP contribution in [-0.4, -0.2) is 38.5 Å². The summed E-state index contributed by atoms with van der Waals surface area (Å²) in [5.41, 5.74) is 4.66. The quantitative estimate of drug-likeness (QED) is 0.588. The van der Waals surface area contributed by atoms with E-state index in [-0.39, 0.29) is 29.5 Å². The predicted octanol–water partition coefficient (Wildman–Crippen LogP) is 2.38.